The van der Waals surface area contributed by atoms with Crippen molar-refractivity contribution in [3.05, 3.63) is 23.5 Å². The van der Waals surface area contributed by atoms with Crippen LogP contribution in [0.1, 0.15) is 6.92 Å². The molecule has 0 aromatic heterocycles. The minimum atomic E-state index is -0.364. The van der Waals surface area contributed by atoms with Gasteiger partial charge in [0, 0.05) is 6.08 Å². The fraction of sp³-hybridized carbons (Fsp3) is 0.286. The molecule has 1 aliphatic heterocycles. The molecule has 0 unspecified atom stereocenters. The summed E-state index contributed by atoms with van der Waals surface area (Å²) in [6.45, 7) is 1.65. The lowest BCUT2D eigenvalue weighted by atomic mass is 10.2. The predicted octanol–water partition coefficient (Wildman–Crippen LogP) is 0.366. The zero-order valence-corrected chi connectivity index (χ0v) is 5.63. The van der Waals surface area contributed by atoms with Crippen LogP contribution in [0.5, 0.6) is 0 Å². The molecule has 0 fully saturated rings. The van der Waals surface area contributed by atoms with E-state index < -0.39 is 0 Å². The maximum absolute atomic E-state index is 10.5. The van der Waals surface area contributed by atoms with Crippen molar-refractivity contribution in [3.8, 4) is 0 Å². The van der Waals surface area contributed by atoms with Gasteiger partial charge in [-0.15, -0.1) is 0 Å². The van der Waals surface area contributed by atoms with Crippen LogP contribution >= 0.6 is 0 Å². The number of hydrogen-bond donors (Lipinski definition) is 1. The van der Waals surface area contributed by atoms with E-state index in [1.807, 2.05) is 0 Å². The van der Waals surface area contributed by atoms with E-state index in [2.05, 4.69) is 4.74 Å². The van der Waals surface area contributed by atoms with Gasteiger partial charge in [-0.1, -0.05) is 0 Å². The van der Waals surface area contributed by atoms with Gasteiger partial charge < -0.3 is 9.84 Å². The summed E-state index contributed by atoms with van der Waals surface area (Å²) >= 11 is 0. The molecular formula is C7H8O3. The van der Waals surface area contributed by atoms with E-state index in [4.69, 9.17) is 5.11 Å². The van der Waals surface area contributed by atoms with Crippen LogP contribution in [0.25, 0.3) is 0 Å². The van der Waals surface area contributed by atoms with Gasteiger partial charge in [-0.05, 0) is 18.6 Å². The summed E-state index contributed by atoms with van der Waals surface area (Å²) in [6, 6.07) is 0. The summed E-state index contributed by atoms with van der Waals surface area (Å²) in [7, 11) is 0. The Hall–Kier alpha value is -1.09. The van der Waals surface area contributed by atoms with Crippen molar-refractivity contribution in [2.45, 2.75) is 6.92 Å². The largest absolute Gasteiger partial charge is 0.423 e. The lowest BCUT2D eigenvalue weighted by molar-refractivity contribution is -0.132. The molecule has 0 radical (unpaired) electrons. The molecular weight excluding hydrogens is 132 g/mol. The highest BCUT2D eigenvalue weighted by Crippen LogP contribution is 2.17. The standard InChI is InChI=1S/C7H8O3/c1-5-4-7(9)10-6(5)2-3-8/h2,4,8H,3H2,1H3/b6-2-. The van der Waals surface area contributed by atoms with Crippen LogP contribution in [0, 0.1) is 0 Å². The third-order valence-electron chi connectivity index (χ3n) is 1.21. The van der Waals surface area contributed by atoms with Crippen LogP contribution in [0.4, 0.5) is 0 Å². The highest BCUT2D eigenvalue weighted by atomic mass is 16.5. The second kappa shape index (κ2) is 2.66. The van der Waals surface area contributed by atoms with E-state index in [1.165, 1.54) is 12.2 Å². The van der Waals surface area contributed by atoms with E-state index in [9.17, 15) is 4.79 Å². The molecule has 1 aliphatic rings. The average Bonchev–Trinajstić information content (AvgIpc) is 2.13. The van der Waals surface area contributed by atoms with Gasteiger partial charge in [0.05, 0.1) is 6.61 Å². The Balaban J connectivity index is 2.77. The molecule has 0 amide bonds. The normalized spacial score (nSPS) is 21.2. The number of ether oxygens (including phenoxy) is 1. The summed E-state index contributed by atoms with van der Waals surface area (Å²) in [5.74, 6) is 0.102. The first kappa shape index (κ1) is 7.02. The minimum absolute atomic E-state index is 0.103. The van der Waals surface area contributed by atoms with Crippen LogP contribution in [0.15, 0.2) is 23.5 Å². The summed E-state index contributed by atoms with van der Waals surface area (Å²) < 4.78 is 4.68. The van der Waals surface area contributed by atoms with Gasteiger partial charge in [-0.3, -0.25) is 0 Å². The molecule has 0 bridgehead atoms. The topological polar surface area (TPSA) is 46.5 Å². The van der Waals surface area contributed by atoms with Crippen LogP contribution in [0.2, 0.25) is 0 Å². The molecule has 0 aliphatic carbocycles. The number of esters is 1. The van der Waals surface area contributed by atoms with E-state index in [0.29, 0.717) is 5.76 Å². The molecule has 3 nitrogen and oxygen atoms in total. The molecule has 1 N–H and O–H groups in total. The minimum Gasteiger partial charge on any atom is -0.423 e. The predicted molar refractivity (Wildman–Crippen MR) is 35.0 cm³/mol. The molecule has 3 heteroatoms. The Morgan fingerprint density at radius 1 is 1.80 bits per heavy atom. The maximum atomic E-state index is 10.5. The van der Waals surface area contributed by atoms with Crippen molar-refractivity contribution in [3.63, 3.8) is 0 Å². The Labute approximate surface area is 58.6 Å². The molecule has 10 heavy (non-hydrogen) atoms. The quantitative estimate of drug-likeness (QED) is 0.535. The van der Waals surface area contributed by atoms with Gasteiger partial charge >= 0.3 is 5.97 Å². The van der Waals surface area contributed by atoms with Crippen molar-refractivity contribution < 1.29 is 14.6 Å². The Bertz CT molecular complexity index is 213. The van der Waals surface area contributed by atoms with Gasteiger partial charge in [-0.2, -0.15) is 0 Å². The van der Waals surface area contributed by atoms with Crippen molar-refractivity contribution in [1.29, 1.82) is 0 Å². The van der Waals surface area contributed by atoms with Crippen LogP contribution < -0.4 is 0 Å². The molecule has 0 aromatic carbocycles. The van der Waals surface area contributed by atoms with Gasteiger partial charge in [-0.25, -0.2) is 4.79 Å². The zero-order chi connectivity index (χ0) is 7.56. The molecule has 1 rings (SSSR count). The molecule has 0 aromatic rings. The number of cyclic esters (lactones) is 1. The maximum Gasteiger partial charge on any atom is 0.336 e. The third kappa shape index (κ3) is 1.25. The molecule has 0 saturated carbocycles. The number of hydrogen-bond acceptors (Lipinski definition) is 3. The van der Waals surface area contributed by atoms with Crippen LogP contribution in [-0.2, 0) is 9.53 Å². The van der Waals surface area contributed by atoms with Gasteiger partial charge in [0.1, 0.15) is 5.76 Å². The summed E-state index contributed by atoms with van der Waals surface area (Å²) in [5, 5.41) is 8.44. The van der Waals surface area contributed by atoms with Crippen LogP contribution in [0.3, 0.4) is 0 Å². The van der Waals surface area contributed by atoms with Crippen molar-refractivity contribution >= 4 is 5.97 Å². The number of carbonyl (C=O) groups is 1. The summed E-state index contributed by atoms with van der Waals surface area (Å²) in [6.07, 6.45) is 2.85. The molecule has 0 atom stereocenters. The third-order valence-corrected chi connectivity index (χ3v) is 1.21. The summed E-state index contributed by atoms with van der Waals surface area (Å²) in [4.78, 5) is 10.5. The zero-order valence-electron chi connectivity index (χ0n) is 5.63. The summed E-state index contributed by atoms with van der Waals surface area (Å²) in [5.41, 5.74) is 0.763. The molecule has 1 heterocycles. The number of aliphatic hydroxyl groups excluding tert-OH is 1. The van der Waals surface area contributed by atoms with Crippen molar-refractivity contribution in [1.82, 2.24) is 0 Å². The van der Waals surface area contributed by atoms with Crippen molar-refractivity contribution in [2.75, 3.05) is 6.61 Å². The van der Waals surface area contributed by atoms with E-state index in [1.54, 1.807) is 6.92 Å². The Morgan fingerprint density at radius 2 is 2.50 bits per heavy atom. The van der Waals surface area contributed by atoms with E-state index in [-0.39, 0.29) is 12.6 Å². The molecule has 0 saturated heterocycles. The second-order valence-electron chi connectivity index (χ2n) is 2.00. The van der Waals surface area contributed by atoms with Crippen molar-refractivity contribution in [2.24, 2.45) is 0 Å². The van der Waals surface area contributed by atoms with Gasteiger partial charge in [0.15, 0.2) is 0 Å². The second-order valence-corrected chi connectivity index (χ2v) is 2.00. The van der Waals surface area contributed by atoms with Gasteiger partial charge in [0.25, 0.3) is 0 Å². The first-order valence-corrected chi connectivity index (χ1v) is 2.95. The monoisotopic (exact) mass is 140 g/mol. The number of aliphatic hydroxyl groups is 1. The van der Waals surface area contributed by atoms with Gasteiger partial charge in [0.2, 0.25) is 0 Å². The van der Waals surface area contributed by atoms with E-state index >= 15 is 0 Å². The lowest BCUT2D eigenvalue weighted by Gasteiger charge is -1.95. The fourth-order valence-electron chi connectivity index (χ4n) is 0.752. The lowest BCUT2D eigenvalue weighted by Crippen LogP contribution is -1.91. The SMILES string of the molecule is CC1=CC(=O)O/C1=C\CO. The molecule has 0 spiro atoms. The highest BCUT2D eigenvalue weighted by molar-refractivity contribution is 5.88. The number of allylic oxidation sites excluding steroid dienone is 1. The number of rotatable bonds is 1. The Kier molecular flexibility index (Phi) is 1.87. The smallest absolute Gasteiger partial charge is 0.336 e. The molecule has 54 valence electrons. The fourth-order valence-corrected chi connectivity index (χ4v) is 0.752. The van der Waals surface area contributed by atoms with E-state index in [0.717, 1.165) is 5.57 Å². The number of carbonyl (C=O) groups excluding carboxylic acids is 1. The Morgan fingerprint density at radius 3 is 2.90 bits per heavy atom. The van der Waals surface area contributed by atoms with Crippen LogP contribution in [-0.4, -0.2) is 17.7 Å². The average molecular weight is 140 g/mol. The highest BCUT2D eigenvalue weighted by Gasteiger charge is 2.14. The first-order valence-electron chi connectivity index (χ1n) is 2.95. The first-order chi connectivity index (χ1) is 4.74.